The van der Waals surface area contributed by atoms with Crippen LogP contribution in [0.15, 0.2) is 0 Å². The Morgan fingerprint density at radius 1 is 0.941 bits per heavy atom. The molecule has 2 heterocycles. The van der Waals surface area contributed by atoms with E-state index in [9.17, 15) is 13.7 Å². The van der Waals surface area contributed by atoms with Gasteiger partial charge in [-0.2, -0.15) is 27.7 Å². The van der Waals surface area contributed by atoms with Crippen LogP contribution in [0.2, 0.25) is 0 Å². The Bertz CT molecular complexity index is 406. The van der Waals surface area contributed by atoms with Crippen molar-refractivity contribution in [1.82, 2.24) is 10.8 Å². The minimum Gasteiger partial charge on any atom is -0.257 e. The molecule has 0 saturated carbocycles. The van der Waals surface area contributed by atoms with Gasteiger partial charge in [0.15, 0.2) is 0 Å². The van der Waals surface area contributed by atoms with Crippen molar-refractivity contribution in [2.24, 2.45) is 0 Å². The molecule has 14 heteroatoms. The fourth-order valence-electron chi connectivity index (χ4n) is 0.813. The molecule has 2 aliphatic rings. The number of hydrogen-bond acceptors (Lipinski definition) is 11. The highest BCUT2D eigenvalue weighted by molar-refractivity contribution is 7.54. The van der Waals surface area contributed by atoms with Crippen LogP contribution in [0, 0.1) is 0 Å². The molecular formula is C3H9N2O9P3. The molecule has 0 amide bonds. The van der Waals surface area contributed by atoms with E-state index in [0.29, 0.717) is 0 Å². The van der Waals surface area contributed by atoms with Crippen LogP contribution >= 0.6 is 22.8 Å². The first-order valence-electron chi connectivity index (χ1n) is 4.08. The van der Waals surface area contributed by atoms with Crippen LogP contribution in [0.1, 0.15) is 0 Å². The summed E-state index contributed by atoms with van der Waals surface area (Å²) in [4.78, 5) is 0. The second kappa shape index (κ2) is 4.19. The molecule has 0 bridgehead atoms. The zero-order chi connectivity index (χ0) is 12.9. The monoisotopic (exact) mass is 310 g/mol. The molecule has 2 fully saturated rings. The quantitative estimate of drug-likeness (QED) is 0.706. The van der Waals surface area contributed by atoms with Gasteiger partial charge in [-0.05, 0) is 0 Å². The van der Waals surface area contributed by atoms with Crippen molar-refractivity contribution in [3.63, 3.8) is 0 Å². The van der Waals surface area contributed by atoms with Crippen molar-refractivity contribution in [2.75, 3.05) is 20.0 Å². The van der Waals surface area contributed by atoms with Crippen LogP contribution in [0.4, 0.5) is 0 Å². The molecule has 0 aromatic rings. The molecule has 2 rings (SSSR count). The zero-order valence-electron chi connectivity index (χ0n) is 8.91. The highest BCUT2D eigenvalue weighted by Gasteiger charge is 2.47. The molecule has 0 unspecified atom stereocenters. The minimum atomic E-state index is -3.74. The Labute approximate surface area is 95.8 Å². The molecule has 2 aliphatic heterocycles. The van der Waals surface area contributed by atoms with Gasteiger partial charge in [0.05, 0.1) is 0 Å². The molecule has 0 aliphatic carbocycles. The van der Waals surface area contributed by atoms with E-state index in [4.69, 9.17) is 0 Å². The van der Waals surface area contributed by atoms with Crippen molar-refractivity contribution >= 4 is 22.8 Å². The number of rotatable bonds is 4. The second-order valence-electron chi connectivity index (χ2n) is 3.25. The van der Waals surface area contributed by atoms with Crippen LogP contribution in [-0.4, -0.2) is 30.8 Å². The van der Waals surface area contributed by atoms with E-state index in [1.807, 2.05) is 0 Å². The average Bonchev–Trinajstić information content (AvgIpc) is 1.94. The highest BCUT2D eigenvalue weighted by Crippen LogP contribution is 2.62. The first-order chi connectivity index (χ1) is 7.57. The lowest BCUT2D eigenvalue weighted by Gasteiger charge is -2.35. The highest BCUT2D eigenvalue weighted by atomic mass is 31.2. The standard InChI is InChI=1S/C3H9N2O9P3/c1-15(6)9-4(10-15)13-17(3,8)14-5-11-16(2,7)12-5/h1-3H3. The van der Waals surface area contributed by atoms with E-state index >= 15 is 0 Å². The van der Waals surface area contributed by atoms with Crippen molar-refractivity contribution in [3.05, 3.63) is 0 Å². The van der Waals surface area contributed by atoms with Crippen molar-refractivity contribution in [2.45, 2.75) is 0 Å². The summed E-state index contributed by atoms with van der Waals surface area (Å²) in [7, 11) is -10.0. The predicted molar refractivity (Wildman–Crippen MR) is 50.8 cm³/mol. The first kappa shape index (κ1) is 13.8. The van der Waals surface area contributed by atoms with Gasteiger partial charge in [-0.15, -0.1) is 0 Å². The van der Waals surface area contributed by atoms with Gasteiger partial charge in [0.25, 0.3) is 0 Å². The summed E-state index contributed by atoms with van der Waals surface area (Å²) in [6.45, 7) is 3.40. The predicted octanol–water partition coefficient (Wildman–Crippen LogP) is 1.68. The largest absolute Gasteiger partial charge is 0.368 e. The lowest BCUT2D eigenvalue weighted by molar-refractivity contribution is -0.496. The van der Waals surface area contributed by atoms with Crippen LogP contribution < -0.4 is 0 Å². The molecule has 11 nitrogen and oxygen atoms in total. The number of hydrogen-bond donors (Lipinski definition) is 0. The summed E-state index contributed by atoms with van der Waals surface area (Å²) < 4.78 is 60.5. The van der Waals surface area contributed by atoms with E-state index in [2.05, 4.69) is 27.7 Å². The normalized spacial score (nSPS) is 28.4. The summed E-state index contributed by atoms with van der Waals surface area (Å²) >= 11 is 0. The lowest BCUT2D eigenvalue weighted by Crippen LogP contribution is -2.34. The second-order valence-corrected chi connectivity index (χ2v) is 8.86. The Morgan fingerprint density at radius 2 is 1.24 bits per heavy atom. The Morgan fingerprint density at radius 3 is 1.47 bits per heavy atom. The lowest BCUT2D eigenvalue weighted by atomic mass is 12.0. The maximum atomic E-state index is 11.6. The smallest absolute Gasteiger partial charge is 0.257 e. The van der Waals surface area contributed by atoms with Crippen molar-refractivity contribution < 1.29 is 41.4 Å². The molecule has 17 heavy (non-hydrogen) atoms. The third-order valence-corrected chi connectivity index (χ3v) is 3.87. The van der Waals surface area contributed by atoms with E-state index < -0.39 is 22.8 Å². The van der Waals surface area contributed by atoms with Gasteiger partial charge in [-0.1, -0.05) is 0 Å². The van der Waals surface area contributed by atoms with E-state index in [-0.39, 0.29) is 10.8 Å². The van der Waals surface area contributed by atoms with Crippen LogP contribution in [0.5, 0.6) is 0 Å². The summed E-state index contributed by atoms with van der Waals surface area (Å²) in [5, 5.41) is 0.569. The SMILES string of the molecule is CP1(=O)ON(OP(C)(=O)ON2OP(C)(=O)O2)O1. The molecule has 100 valence electrons. The van der Waals surface area contributed by atoms with Crippen LogP contribution in [0.3, 0.4) is 0 Å². The topological polar surface area (TPSA) is 113 Å². The summed E-state index contributed by atoms with van der Waals surface area (Å²) in [6.07, 6.45) is 0. The zero-order valence-corrected chi connectivity index (χ0v) is 11.6. The summed E-state index contributed by atoms with van der Waals surface area (Å²) in [5.41, 5.74) is 0. The summed E-state index contributed by atoms with van der Waals surface area (Å²) in [5.74, 6) is 0. The molecule has 0 atom stereocenters. The fourth-order valence-corrected chi connectivity index (χ4v) is 2.80. The maximum absolute atomic E-state index is 11.6. The average molecular weight is 310 g/mol. The minimum absolute atomic E-state index is 0.285. The van der Waals surface area contributed by atoms with Gasteiger partial charge in [0.1, 0.15) is 10.8 Å². The van der Waals surface area contributed by atoms with Gasteiger partial charge >= 0.3 is 22.8 Å². The Hall–Kier alpha value is 0.370. The van der Waals surface area contributed by atoms with E-state index in [1.54, 1.807) is 0 Å². The summed E-state index contributed by atoms with van der Waals surface area (Å²) in [6, 6.07) is 0. The van der Waals surface area contributed by atoms with Crippen molar-refractivity contribution in [3.8, 4) is 0 Å². The van der Waals surface area contributed by atoms with Crippen LogP contribution in [-0.2, 0) is 41.4 Å². The van der Waals surface area contributed by atoms with Crippen molar-refractivity contribution in [1.29, 1.82) is 0 Å². The third kappa shape index (κ3) is 3.66. The van der Waals surface area contributed by atoms with Gasteiger partial charge in [-0.25, -0.2) is 0 Å². The molecule has 2 saturated heterocycles. The molecule has 0 aromatic heterocycles. The maximum Gasteiger partial charge on any atom is 0.368 e. The van der Waals surface area contributed by atoms with Gasteiger partial charge < -0.3 is 0 Å². The first-order valence-corrected chi connectivity index (χ1v) is 10.0. The Kier molecular flexibility index (Phi) is 3.40. The van der Waals surface area contributed by atoms with E-state index in [1.165, 1.54) is 13.3 Å². The molecule has 0 radical (unpaired) electrons. The number of nitrogens with zero attached hydrogens (tertiary/aromatic N) is 2. The van der Waals surface area contributed by atoms with Gasteiger partial charge in [0.2, 0.25) is 0 Å². The molecular weight excluding hydrogens is 301 g/mol. The third-order valence-electron chi connectivity index (χ3n) is 1.29. The molecule has 0 N–H and O–H groups in total. The fraction of sp³-hybridized carbons (Fsp3) is 1.00. The Balaban J connectivity index is 1.78. The molecule has 0 aromatic carbocycles. The molecule has 0 spiro atoms. The van der Waals surface area contributed by atoms with E-state index in [0.717, 1.165) is 6.66 Å². The van der Waals surface area contributed by atoms with Gasteiger partial charge in [-0.3, -0.25) is 13.7 Å². The van der Waals surface area contributed by atoms with Gasteiger partial charge in [0, 0.05) is 20.0 Å². The van der Waals surface area contributed by atoms with Crippen LogP contribution in [0.25, 0.3) is 0 Å².